The van der Waals surface area contributed by atoms with Crippen LogP contribution in [0.1, 0.15) is 11.4 Å². The molecular formula is C8H11ClN4. The largest absolute Gasteiger partial charge is 0.398 e. The number of fused-ring (bicyclic) bond motifs is 1. The van der Waals surface area contributed by atoms with Gasteiger partial charge < -0.3 is 5.73 Å². The lowest BCUT2D eigenvalue weighted by Crippen LogP contribution is -1.94. The van der Waals surface area contributed by atoms with E-state index in [9.17, 15) is 0 Å². The Morgan fingerprint density at radius 2 is 2.08 bits per heavy atom. The molecule has 0 amide bonds. The number of aromatic nitrogens is 3. The van der Waals surface area contributed by atoms with Gasteiger partial charge in [0.2, 0.25) is 0 Å². The van der Waals surface area contributed by atoms with E-state index in [4.69, 9.17) is 5.73 Å². The number of aryl methyl sites for hydroxylation is 2. The van der Waals surface area contributed by atoms with E-state index in [0.717, 1.165) is 22.7 Å². The van der Waals surface area contributed by atoms with Crippen LogP contribution in [0.25, 0.3) is 5.65 Å². The molecular weight excluding hydrogens is 188 g/mol. The summed E-state index contributed by atoms with van der Waals surface area (Å²) in [6.45, 7) is 3.81. The minimum absolute atomic E-state index is 0. The summed E-state index contributed by atoms with van der Waals surface area (Å²) < 4.78 is 1.74. The molecule has 5 heteroatoms. The lowest BCUT2D eigenvalue weighted by atomic mass is 10.3. The molecule has 0 aliphatic carbocycles. The van der Waals surface area contributed by atoms with Crippen LogP contribution in [-0.4, -0.2) is 14.6 Å². The summed E-state index contributed by atoms with van der Waals surface area (Å²) in [6.07, 6.45) is 1.88. The number of anilines is 1. The van der Waals surface area contributed by atoms with Gasteiger partial charge in [-0.3, -0.25) is 0 Å². The van der Waals surface area contributed by atoms with E-state index in [2.05, 4.69) is 10.1 Å². The Labute approximate surface area is 82.2 Å². The zero-order chi connectivity index (χ0) is 8.72. The molecule has 2 aromatic rings. The van der Waals surface area contributed by atoms with Crippen molar-refractivity contribution in [3.05, 3.63) is 23.7 Å². The number of nitrogens with zero attached hydrogens (tertiary/aromatic N) is 3. The topological polar surface area (TPSA) is 56.2 Å². The van der Waals surface area contributed by atoms with Gasteiger partial charge in [0.1, 0.15) is 5.82 Å². The summed E-state index contributed by atoms with van der Waals surface area (Å²) in [4.78, 5) is 4.19. The molecule has 13 heavy (non-hydrogen) atoms. The predicted molar refractivity (Wildman–Crippen MR) is 54.1 cm³/mol. The molecule has 2 heterocycles. The Kier molecular flexibility index (Phi) is 2.43. The van der Waals surface area contributed by atoms with Crippen molar-refractivity contribution in [3.63, 3.8) is 0 Å². The average molecular weight is 199 g/mol. The number of rotatable bonds is 0. The van der Waals surface area contributed by atoms with Crippen LogP contribution in [0.3, 0.4) is 0 Å². The number of halogens is 1. The van der Waals surface area contributed by atoms with Gasteiger partial charge >= 0.3 is 0 Å². The number of pyridine rings is 1. The van der Waals surface area contributed by atoms with Crippen LogP contribution >= 0.6 is 12.4 Å². The summed E-state index contributed by atoms with van der Waals surface area (Å²) >= 11 is 0. The van der Waals surface area contributed by atoms with Gasteiger partial charge in [0.15, 0.2) is 5.65 Å². The second kappa shape index (κ2) is 3.22. The van der Waals surface area contributed by atoms with Crippen molar-refractivity contribution in [2.24, 2.45) is 0 Å². The Morgan fingerprint density at radius 3 is 2.77 bits per heavy atom. The fourth-order valence-electron chi connectivity index (χ4n) is 1.15. The van der Waals surface area contributed by atoms with Gasteiger partial charge in [-0.1, -0.05) is 0 Å². The van der Waals surface area contributed by atoms with Crippen molar-refractivity contribution >= 4 is 23.7 Å². The number of hydrogen-bond donors (Lipinski definition) is 1. The van der Waals surface area contributed by atoms with Crippen LogP contribution in [0.15, 0.2) is 12.3 Å². The highest BCUT2D eigenvalue weighted by atomic mass is 35.5. The van der Waals surface area contributed by atoms with Gasteiger partial charge in [-0.15, -0.1) is 12.4 Å². The quantitative estimate of drug-likeness (QED) is 0.695. The predicted octanol–water partition coefficient (Wildman–Crippen LogP) is 1.35. The standard InChI is InChI=1S/C8H10N4.ClH/c1-5-4-12-8(3-7(5)9)10-6(2)11-12;/h3-4H,9H2,1-2H3;1H. The molecule has 0 spiro atoms. The molecule has 0 aromatic carbocycles. The van der Waals surface area contributed by atoms with Crippen molar-refractivity contribution in [1.82, 2.24) is 14.6 Å². The van der Waals surface area contributed by atoms with Crippen LogP contribution in [0.5, 0.6) is 0 Å². The van der Waals surface area contributed by atoms with Crippen molar-refractivity contribution in [2.75, 3.05) is 5.73 Å². The molecule has 70 valence electrons. The molecule has 0 atom stereocenters. The first kappa shape index (κ1) is 9.80. The van der Waals surface area contributed by atoms with Gasteiger partial charge in [-0.2, -0.15) is 5.10 Å². The molecule has 4 nitrogen and oxygen atoms in total. The summed E-state index contributed by atoms with van der Waals surface area (Å²) in [6, 6.07) is 1.83. The van der Waals surface area contributed by atoms with Crippen molar-refractivity contribution in [3.8, 4) is 0 Å². The van der Waals surface area contributed by atoms with Crippen LogP contribution < -0.4 is 5.73 Å². The van der Waals surface area contributed by atoms with E-state index in [1.807, 2.05) is 26.1 Å². The zero-order valence-corrected chi connectivity index (χ0v) is 8.30. The zero-order valence-electron chi connectivity index (χ0n) is 7.48. The number of hydrogen-bond acceptors (Lipinski definition) is 3. The van der Waals surface area contributed by atoms with Gasteiger partial charge in [0.05, 0.1) is 0 Å². The highest BCUT2D eigenvalue weighted by molar-refractivity contribution is 5.85. The van der Waals surface area contributed by atoms with Gasteiger partial charge in [0, 0.05) is 18.0 Å². The van der Waals surface area contributed by atoms with Crippen molar-refractivity contribution in [1.29, 1.82) is 0 Å². The van der Waals surface area contributed by atoms with Crippen LogP contribution in [-0.2, 0) is 0 Å². The molecule has 0 fully saturated rings. The minimum atomic E-state index is 0. The Balaban J connectivity index is 0.000000845. The average Bonchev–Trinajstić information content (AvgIpc) is 2.30. The molecule has 2 aromatic heterocycles. The Bertz CT molecular complexity index is 396. The molecule has 2 rings (SSSR count). The molecule has 0 saturated carbocycles. The molecule has 0 radical (unpaired) electrons. The summed E-state index contributed by atoms with van der Waals surface area (Å²) in [5, 5.41) is 4.17. The van der Waals surface area contributed by atoms with Gasteiger partial charge in [-0.25, -0.2) is 9.50 Å². The maximum atomic E-state index is 5.71. The fourth-order valence-corrected chi connectivity index (χ4v) is 1.15. The monoisotopic (exact) mass is 198 g/mol. The normalized spacial score (nSPS) is 10.0. The third-order valence-electron chi connectivity index (χ3n) is 1.82. The first-order valence-corrected chi connectivity index (χ1v) is 3.76. The van der Waals surface area contributed by atoms with E-state index in [-0.39, 0.29) is 12.4 Å². The summed E-state index contributed by atoms with van der Waals surface area (Å²) in [5.41, 5.74) is 8.30. The second-order valence-electron chi connectivity index (χ2n) is 2.87. The van der Waals surface area contributed by atoms with Crippen LogP contribution in [0.2, 0.25) is 0 Å². The third kappa shape index (κ3) is 1.58. The third-order valence-corrected chi connectivity index (χ3v) is 1.82. The Hall–Kier alpha value is -1.29. The lowest BCUT2D eigenvalue weighted by Gasteiger charge is -1.98. The fraction of sp³-hybridized carbons (Fsp3) is 0.250. The van der Waals surface area contributed by atoms with E-state index in [1.165, 1.54) is 0 Å². The molecule has 0 bridgehead atoms. The smallest absolute Gasteiger partial charge is 0.157 e. The number of nitrogen functional groups attached to an aromatic ring is 1. The molecule has 0 aliphatic rings. The van der Waals surface area contributed by atoms with E-state index >= 15 is 0 Å². The second-order valence-corrected chi connectivity index (χ2v) is 2.87. The first-order valence-electron chi connectivity index (χ1n) is 3.76. The molecule has 0 saturated heterocycles. The molecule has 2 N–H and O–H groups in total. The van der Waals surface area contributed by atoms with E-state index < -0.39 is 0 Å². The van der Waals surface area contributed by atoms with Crippen molar-refractivity contribution in [2.45, 2.75) is 13.8 Å². The summed E-state index contributed by atoms with van der Waals surface area (Å²) in [5.74, 6) is 0.764. The highest BCUT2D eigenvalue weighted by Crippen LogP contribution is 2.12. The van der Waals surface area contributed by atoms with Crippen molar-refractivity contribution < 1.29 is 0 Å². The van der Waals surface area contributed by atoms with Crippen LogP contribution in [0.4, 0.5) is 5.69 Å². The SMILES string of the molecule is Cc1nc2cc(N)c(C)cn2n1.Cl. The maximum absolute atomic E-state index is 5.71. The molecule has 0 unspecified atom stereocenters. The molecule has 0 aliphatic heterocycles. The first-order chi connectivity index (χ1) is 5.66. The lowest BCUT2D eigenvalue weighted by molar-refractivity contribution is 0.924. The maximum Gasteiger partial charge on any atom is 0.157 e. The number of nitrogens with two attached hydrogens (primary N) is 1. The van der Waals surface area contributed by atoms with Gasteiger partial charge in [-0.05, 0) is 19.4 Å². The van der Waals surface area contributed by atoms with E-state index in [1.54, 1.807) is 4.52 Å². The Morgan fingerprint density at radius 1 is 1.38 bits per heavy atom. The minimum Gasteiger partial charge on any atom is -0.398 e. The van der Waals surface area contributed by atoms with Crippen LogP contribution in [0, 0.1) is 13.8 Å². The van der Waals surface area contributed by atoms with Gasteiger partial charge in [0.25, 0.3) is 0 Å². The van der Waals surface area contributed by atoms with E-state index in [0.29, 0.717) is 0 Å². The summed E-state index contributed by atoms with van der Waals surface area (Å²) in [7, 11) is 0. The highest BCUT2D eigenvalue weighted by Gasteiger charge is 2.01.